The number of nitrogens with one attached hydrogen (secondary N) is 1. The summed E-state index contributed by atoms with van der Waals surface area (Å²) in [6.07, 6.45) is 0. The van der Waals surface area contributed by atoms with Crippen molar-refractivity contribution in [2.45, 2.75) is 20.0 Å². The Morgan fingerprint density at radius 3 is 2.56 bits per heavy atom. The quantitative estimate of drug-likeness (QED) is 0.713. The van der Waals surface area contributed by atoms with Gasteiger partial charge in [-0.2, -0.15) is 0 Å². The lowest BCUT2D eigenvalue weighted by molar-refractivity contribution is 0.0784. The number of H-pyrrole nitrogens is 1. The fourth-order valence-corrected chi connectivity index (χ4v) is 2.92. The Balaban J connectivity index is 1.94. The molecule has 2 aromatic carbocycles. The number of nitrogens with zero attached hydrogens (tertiary/aromatic N) is 2. The molecule has 0 spiro atoms. The molecule has 0 aliphatic carbocycles. The van der Waals surface area contributed by atoms with E-state index < -0.39 is 28.7 Å². The van der Waals surface area contributed by atoms with Crippen LogP contribution in [0.3, 0.4) is 0 Å². The Morgan fingerprint density at radius 1 is 1.15 bits per heavy atom. The van der Waals surface area contributed by atoms with E-state index in [1.54, 1.807) is 13.0 Å². The van der Waals surface area contributed by atoms with E-state index in [0.29, 0.717) is 17.6 Å². The van der Waals surface area contributed by atoms with Crippen molar-refractivity contribution in [3.8, 4) is 0 Å². The van der Waals surface area contributed by atoms with E-state index in [0.717, 1.165) is 12.1 Å². The van der Waals surface area contributed by atoms with Gasteiger partial charge in [-0.05, 0) is 31.2 Å². The number of carbonyl (C=O) groups is 1. The molecule has 3 aromatic rings. The molecule has 1 amide bonds. The average molecular weight is 373 g/mol. The number of rotatable bonds is 4. The van der Waals surface area contributed by atoms with Gasteiger partial charge in [-0.15, -0.1) is 0 Å². The van der Waals surface area contributed by atoms with Crippen molar-refractivity contribution in [1.29, 1.82) is 0 Å². The first-order valence-corrected chi connectivity index (χ1v) is 8.28. The third kappa shape index (κ3) is 3.51. The summed E-state index contributed by atoms with van der Waals surface area (Å²) in [4.78, 5) is 40.1. The Bertz CT molecular complexity index is 1150. The van der Waals surface area contributed by atoms with Gasteiger partial charge in [0.25, 0.3) is 5.91 Å². The predicted molar refractivity (Wildman–Crippen MR) is 96.7 cm³/mol. The van der Waals surface area contributed by atoms with Gasteiger partial charge in [0.2, 0.25) is 0 Å². The SMILES string of the molecule is CCn1c(=O)c(=O)[nH]c2cc(C(=O)N(C)Cc3ccc(F)cc3F)ccc21. The van der Waals surface area contributed by atoms with Crippen molar-refractivity contribution in [2.75, 3.05) is 7.05 Å². The summed E-state index contributed by atoms with van der Waals surface area (Å²) >= 11 is 0. The zero-order chi connectivity index (χ0) is 19.7. The van der Waals surface area contributed by atoms with Gasteiger partial charge >= 0.3 is 11.1 Å². The number of fused-ring (bicyclic) bond motifs is 1. The molecular formula is C19H17F2N3O3. The summed E-state index contributed by atoms with van der Waals surface area (Å²) in [7, 11) is 1.49. The predicted octanol–water partition coefficient (Wildman–Crippen LogP) is 2.26. The van der Waals surface area contributed by atoms with Gasteiger partial charge in [0.05, 0.1) is 11.0 Å². The molecule has 1 aromatic heterocycles. The molecule has 0 radical (unpaired) electrons. The molecule has 6 nitrogen and oxygen atoms in total. The zero-order valence-corrected chi connectivity index (χ0v) is 14.8. The Hall–Kier alpha value is -3.29. The smallest absolute Gasteiger partial charge is 0.316 e. The molecule has 0 unspecified atom stereocenters. The third-order valence-corrected chi connectivity index (χ3v) is 4.31. The second-order valence-corrected chi connectivity index (χ2v) is 6.13. The van der Waals surface area contributed by atoms with Gasteiger partial charge in [0, 0.05) is 37.3 Å². The van der Waals surface area contributed by atoms with Crippen molar-refractivity contribution in [1.82, 2.24) is 14.5 Å². The molecule has 0 fully saturated rings. The lowest BCUT2D eigenvalue weighted by Gasteiger charge is -2.18. The molecule has 0 saturated heterocycles. The fraction of sp³-hybridized carbons (Fsp3) is 0.211. The van der Waals surface area contributed by atoms with Crippen LogP contribution in [-0.4, -0.2) is 27.4 Å². The van der Waals surface area contributed by atoms with Crippen LogP contribution < -0.4 is 11.1 Å². The Morgan fingerprint density at radius 2 is 1.89 bits per heavy atom. The van der Waals surface area contributed by atoms with Crippen LogP contribution in [0, 0.1) is 11.6 Å². The maximum absolute atomic E-state index is 13.8. The number of aromatic nitrogens is 2. The summed E-state index contributed by atoms with van der Waals surface area (Å²) in [6.45, 7) is 2.01. The molecule has 1 N–H and O–H groups in total. The van der Waals surface area contributed by atoms with Crippen LogP contribution in [0.2, 0.25) is 0 Å². The summed E-state index contributed by atoms with van der Waals surface area (Å²) < 4.78 is 28.1. The van der Waals surface area contributed by atoms with Gasteiger partial charge in [0.1, 0.15) is 11.6 Å². The molecule has 27 heavy (non-hydrogen) atoms. The largest absolute Gasteiger partial charge is 0.337 e. The average Bonchev–Trinajstić information content (AvgIpc) is 2.64. The number of amides is 1. The summed E-state index contributed by atoms with van der Waals surface area (Å²) in [6, 6.07) is 7.76. The van der Waals surface area contributed by atoms with Crippen molar-refractivity contribution in [2.24, 2.45) is 0 Å². The van der Waals surface area contributed by atoms with Crippen molar-refractivity contribution < 1.29 is 13.6 Å². The fourth-order valence-electron chi connectivity index (χ4n) is 2.92. The molecule has 0 saturated carbocycles. The number of hydrogen-bond donors (Lipinski definition) is 1. The van der Waals surface area contributed by atoms with Crippen LogP contribution in [0.1, 0.15) is 22.8 Å². The highest BCUT2D eigenvalue weighted by Gasteiger charge is 2.16. The minimum atomic E-state index is -0.768. The topological polar surface area (TPSA) is 75.2 Å². The van der Waals surface area contributed by atoms with Gasteiger partial charge in [-0.25, -0.2) is 8.78 Å². The minimum Gasteiger partial charge on any atom is -0.337 e. The van der Waals surface area contributed by atoms with E-state index in [-0.39, 0.29) is 17.7 Å². The standard InChI is InChI=1S/C19H17F2N3O3/c1-3-24-16-7-5-11(8-15(16)22-17(25)19(24)27)18(26)23(2)10-12-4-6-13(20)9-14(12)21/h4-9H,3,10H2,1-2H3,(H,22,25). The molecular weight excluding hydrogens is 356 g/mol. The number of aryl methyl sites for hydroxylation is 1. The number of carbonyl (C=O) groups excluding carboxylic acids is 1. The summed E-state index contributed by atoms with van der Waals surface area (Å²) in [5, 5.41) is 0. The third-order valence-electron chi connectivity index (χ3n) is 4.31. The first-order chi connectivity index (χ1) is 12.8. The monoisotopic (exact) mass is 373 g/mol. The first kappa shape index (κ1) is 18.5. The van der Waals surface area contributed by atoms with Crippen molar-refractivity contribution >= 4 is 16.9 Å². The van der Waals surface area contributed by atoms with Crippen LogP contribution in [0.25, 0.3) is 11.0 Å². The highest BCUT2D eigenvalue weighted by molar-refractivity contribution is 5.97. The van der Waals surface area contributed by atoms with Crippen molar-refractivity contribution in [3.05, 3.63) is 79.9 Å². The Labute approximate surface area is 152 Å². The second kappa shape index (κ2) is 7.14. The number of aromatic amines is 1. The molecule has 1 heterocycles. The van der Waals surface area contributed by atoms with E-state index in [9.17, 15) is 23.2 Å². The Kier molecular flexibility index (Phi) is 4.89. The van der Waals surface area contributed by atoms with Gasteiger partial charge in [-0.3, -0.25) is 14.4 Å². The maximum Gasteiger partial charge on any atom is 0.316 e. The minimum absolute atomic E-state index is 0.0477. The lowest BCUT2D eigenvalue weighted by Crippen LogP contribution is -2.36. The van der Waals surface area contributed by atoms with Crippen LogP contribution in [0.4, 0.5) is 8.78 Å². The lowest BCUT2D eigenvalue weighted by atomic mass is 10.1. The van der Waals surface area contributed by atoms with Crippen LogP contribution >= 0.6 is 0 Å². The highest BCUT2D eigenvalue weighted by Crippen LogP contribution is 2.16. The van der Waals surface area contributed by atoms with Gasteiger partial charge in [-0.1, -0.05) is 6.07 Å². The summed E-state index contributed by atoms with van der Waals surface area (Å²) in [5.41, 5.74) is -0.117. The molecule has 0 bridgehead atoms. The number of benzene rings is 2. The molecule has 0 atom stereocenters. The van der Waals surface area contributed by atoms with Crippen LogP contribution in [0.5, 0.6) is 0 Å². The molecule has 8 heteroatoms. The van der Waals surface area contributed by atoms with E-state index in [1.807, 2.05) is 0 Å². The van der Waals surface area contributed by atoms with Crippen LogP contribution in [0.15, 0.2) is 46.0 Å². The number of hydrogen-bond acceptors (Lipinski definition) is 3. The molecule has 140 valence electrons. The van der Waals surface area contributed by atoms with Crippen molar-refractivity contribution in [3.63, 3.8) is 0 Å². The zero-order valence-electron chi connectivity index (χ0n) is 14.8. The highest BCUT2D eigenvalue weighted by atomic mass is 19.1. The van der Waals surface area contributed by atoms with E-state index in [4.69, 9.17) is 0 Å². The number of halogens is 2. The summed E-state index contributed by atoms with van der Waals surface area (Å²) in [5.74, 6) is -1.83. The molecule has 0 aliphatic heterocycles. The van der Waals surface area contributed by atoms with E-state index >= 15 is 0 Å². The van der Waals surface area contributed by atoms with E-state index in [1.165, 1.54) is 34.7 Å². The van der Waals surface area contributed by atoms with Crippen LogP contribution in [-0.2, 0) is 13.1 Å². The molecule has 3 rings (SSSR count). The normalized spacial score (nSPS) is 11.0. The van der Waals surface area contributed by atoms with E-state index in [2.05, 4.69) is 4.98 Å². The van der Waals surface area contributed by atoms with Gasteiger partial charge in [0.15, 0.2) is 0 Å². The first-order valence-electron chi connectivity index (χ1n) is 8.28. The second-order valence-electron chi connectivity index (χ2n) is 6.13. The molecule has 0 aliphatic rings. The maximum atomic E-state index is 13.8. The van der Waals surface area contributed by atoms with Gasteiger partial charge < -0.3 is 14.5 Å².